The van der Waals surface area contributed by atoms with E-state index in [0.29, 0.717) is 17.9 Å². The molecule has 27 heavy (non-hydrogen) atoms. The van der Waals surface area contributed by atoms with Crippen molar-refractivity contribution in [1.29, 1.82) is 0 Å². The molecule has 0 aliphatic carbocycles. The highest BCUT2D eigenvalue weighted by molar-refractivity contribution is 5.32. The smallest absolute Gasteiger partial charge is 0.0858 e. The first kappa shape index (κ1) is 17.4. The van der Waals surface area contributed by atoms with Crippen LogP contribution in [0, 0.1) is 18.8 Å². The minimum atomic E-state index is 0.120. The van der Waals surface area contributed by atoms with Crippen molar-refractivity contribution in [2.75, 3.05) is 33.7 Å². The van der Waals surface area contributed by atoms with Crippen LogP contribution in [-0.4, -0.2) is 65.0 Å². The van der Waals surface area contributed by atoms with E-state index in [1.54, 1.807) is 0 Å². The van der Waals surface area contributed by atoms with E-state index in [-0.39, 0.29) is 5.60 Å². The average Bonchev–Trinajstić information content (AvgIpc) is 3.37. The Kier molecular flexibility index (Phi) is 4.15. The second kappa shape index (κ2) is 6.43. The molecule has 5 nitrogen and oxygen atoms in total. The Balaban J connectivity index is 1.33. The Morgan fingerprint density at radius 2 is 2.07 bits per heavy atom. The van der Waals surface area contributed by atoms with Gasteiger partial charge in [0.25, 0.3) is 0 Å². The highest BCUT2D eigenvalue weighted by Gasteiger charge is 2.62. The van der Waals surface area contributed by atoms with Gasteiger partial charge in [0.1, 0.15) is 0 Å². The van der Waals surface area contributed by atoms with Crippen molar-refractivity contribution in [2.45, 2.75) is 38.0 Å². The van der Waals surface area contributed by atoms with Crippen molar-refractivity contribution in [3.8, 4) is 5.69 Å². The molecule has 0 N–H and O–H groups in total. The molecule has 144 valence electrons. The molecule has 1 aromatic heterocycles. The lowest BCUT2D eigenvalue weighted by Crippen LogP contribution is -2.40. The molecule has 2 bridgehead atoms. The molecule has 0 saturated carbocycles. The molecule has 0 unspecified atom stereocenters. The van der Waals surface area contributed by atoms with Crippen LogP contribution < -0.4 is 0 Å². The number of ether oxygens (including phenoxy) is 1. The van der Waals surface area contributed by atoms with Crippen LogP contribution in [0.1, 0.15) is 24.1 Å². The van der Waals surface area contributed by atoms with Gasteiger partial charge in [-0.2, -0.15) is 5.10 Å². The highest BCUT2D eigenvalue weighted by Crippen LogP contribution is 2.55. The van der Waals surface area contributed by atoms with Crippen molar-refractivity contribution < 1.29 is 4.74 Å². The number of rotatable bonds is 5. The summed E-state index contributed by atoms with van der Waals surface area (Å²) in [6.45, 7) is 6.48. The van der Waals surface area contributed by atoms with Gasteiger partial charge in [-0.25, -0.2) is 4.68 Å². The lowest BCUT2D eigenvalue weighted by atomic mass is 9.73. The monoisotopic (exact) mass is 366 g/mol. The Morgan fingerprint density at radius 3 is 2.85 bits per heavy atom. The molecule has 4 heterocycles. The number of hydrogen-bond donors (Lipinski definition) is 0. The molecule has 3 fully saturated rings. The highest BCUT2D eigenvalue weighted by atomic mass is 16.5. The zero-order chi connectivity index (χ0) is 18.6. The normalized spacial score (nSPS) is 32.5. The van der Waals surface area contributed by atoms with Gasteiger partial charge in [-0.15, -0.1) is 0 Å². The van der Waals surface area contributed by atoms with Crippen LogP contribution >= 0.6 is 0 Å². The molecular weight excluding hydrogens is 336 g/mol. The van der Waals surface area contributed by atoms with Crippen molar-refractivity contribution in [2.24, 2.45) is 11.8 Å². The van der Waals surface area contributed by atoms with Crippen molar-refractivity contribution in [3.05, 3.63) is 47.8 Å². The molecule has 1 spiro atoms. The Hall–Kier alpha value is -1.69. The summed E-state index contributed by atoms with van der Waals surface area (Å²) in [4.78, 5) is 4.94. The zero-order valence-corrected chi connectivity index (χ0v) is 16.6. The van der Waals surface area contributed by atoms with Crippen LogP contribution in [0.5, 0.6) is 0 Å². The number of benzene rings is 1. The topological polar surface area (TPSA) is 33.5 Å². The summed E-state index contributed by atoms with van der Waals surface area (Å²) in [5, 5.41) is 4.75. The molecule has 5 rings (SSSR count). The van der Waals surface area contributed by atoms with Gasteiger partial charge in [0.05, 0.1) is 23.1 Å². The third-order valence-electron chi connectivity index (χ3n) is 6.85. The first-order chi connectivity index (χ1) is 13.0. The predicted octanol–water partition coefficient (Wildman–Crippen LogP) is 2.72. The van der Waals surface area contributed by atoms with Crippen molar-refractivity contribution >= 4 is 0 Å². The molecule has 3 aliphatic heterocycles. The van der Waals surface area contributed by atoms with Gasteiger partial charge in [-0.05, 0) is 46.0 Å². The lowest BCUT2D eigenvalue weighted by molar-refractivity contribution is 0.00143. The summed E-state index contributed by atoms with van der Waals surface area (Å²) in [5.74, 6) is 1.37. The van der Waals surface area contributed by atoms with E-state index in [0.717, 1.165) is 37.6 Å². The number of likely N-dealkylation sites (tertiary alicyclic amines) is 1. The molecule has 4 atom stereocenters. The number of para-hydroxylation sites is 1. The van der Waals surface area contributed by atoms with E-state index in [1.807, 2.05) is 10.7 Å². The Labute approximate surface area is 161 Å². The number of hydrogen-bond acceptors (Lipinski definition) is 4. The van der Waals surface area contributed by atoms with Crippen LogP contribution in [0.25, 0.3) is 5.69 Å². The minimum Gasteiger partial charge on any atom is -0.370 e. The third-order valence-corrected chi connectivity index (χ3v) is 6.85. The van der Waals surface area contributed by atoms with Crippen molar-refractivity contribution in [1.82, 2.24) is 19.6 Å². The fourth-order valence-corrected chi connectivity index (χ4v) is 5.68. The summed E-state index contributed by atoms with van der Waals surface area (Å²) < 4.78 is 8.59. The second-order valence-corrected chi connectivity index (χ2v) is 8.98. The van der Waals surface area contributed by atoms with E-state index in [9.17, 15) is 0 Å². The first-order valence-corrected chi connectivity index (χ1v) is 10.2. The number of fused-ring (bicyclic) bond motifs is 1. The maximum atomic E-state index is 6.58. The van der Waals surface area contributed by atoms with Gasteiger partial charge in [-0.1, -0.05) is 18.2 Å². The predicted molar refractivity (Wildman–Crippen MR) is 106 cm³/mol. The van der Waals surface area contributed by atoms with E-state index in [2.05, 4.69) is 61.3 Å². The quantitative estimate of drug-likeness (QED) is 0.815. The summed E-state index contributed by atoms with van der Waals surface area (Å²) in [5.41, 5.74) is 3.70. The van der Waals surface area contributed by atoms with Gasteiger partial charge in [0.2, 0.25) is 0 Å². The van der Waals surface area contributed by atoms with E-state index >= 15 is 0 Å². The fraction of sp³-hybridized carbons (Fsp3) is 0.591. The second-order valence-electron chi connectivity index (χ2n) is 8.98. The van der Waals surface area contributed by atoms with Gasteiger partial charge in [0.15, 0.2) is 0 Å². The van der Waals surface area contributed by atoms with Gasteiger partial charge >= 0.3 is 0 Å². The molecule has 5 heteroatoms. The minimum absolute atomic E-state index is 0.120. The van der Waals surface area contributed by atoms with Gasteiger partial charge in [-0.3, -0.25) is 4.90 Å². The Bertz CT molecular complexity index is 817. The summed E-state index contributed by atoms with van der Waals surface area (Å²) in [6.07, 6.45) is 5.17. The number of aromatic nitrogens is 2. The average molecular weight is 367 g/mol. The van der Waals surface area contributed by atoms with E-state index < -0.39 is 0 Å². The third kappa shape index (κ3) is 2.93. The standard InChI is InChI=1S/C22H30N4O/c1-16-17(12-26(23-16)18-7-5-4-6-8-18)11-25-14-20-19(13-24(2)3)21-9-10-22(20,15-25)27-21/h4-8,12,19-21H,9-11,13-15H2,1-3H3/t19-,20+,21+,22+/m0/s1. The van der Waals surface area contributed by atoms with Gasteiger partial charge in [0, 0.05) is 49.8 Å². The van der Waals surface area contributed by atoms with Crippen molar-refractivity contribution in [3.63, 3.8) is 0 Å². The largest absolute Gasteiger partial charge is 0.370 e. The molecule has 1 aromatic carbocycles. The maximum absolute atomic E-state index is 6.58. The number of aryl methyl sites for hydroxylation is 1. The molecule has 3 aliphatic rings. The van der Waals surface area contributed by atoms with E-state index in [1.165, 1.54) is 18.4 Å². The molecule has 2 aromatic rings. The van der Waals surface area contributed by atoms with Gasteiger partial charge < -0.3 is 9.64 Å². The SMILES string of the molecule is Cc1nn(-c2ccccc2)cc1CN1C[C@@H]2[C@H](CN(C)C)[C@H]3CC[C@]2(C1)O3. The van der Waals surface area contributed by atoms with E-state index in [4.69, 9.17) is 9.84 Å². The van der Waals surface area contributed by atoms with Crippen LogP contribution in [-0.2, 0) is 11.3 Å². The molecule has 0 radical (unpaired) electrons. The maximum Gasteiger partial charge on any atom is 0.0858 e. The number of nitrogens with zero attached hydrogens (tertiary/aromatic N) is 4. The lowest BCUT2D eigenvalue weighted by Gasteiger charge is -2.31. The summed E-state index contributed by atoms with van der Waals surface area (Å²) in [7, 11) is 4.37. The van der Waals surface area contributed by atoms with Crippen LogP contribution in [0.2, 0.25) is 0 Å². The summed E-state index contributed by atoms with van der Waals surface area (Å²) >= 11 is 0. The van der Waals surface area contributed by atoms with Crippen LogP contribution in [0.4, 0.5) is 0 Å². The molecule has 3 saturated heterocycles. The van der Waals surface area contributed by atoms with Crippen LogP contribution in [0.15, 0.2) is 36.5 Å². The zero-order valence-electron chi connectivity index (χ0n) is 16.6. The molecule has 0 amide bonds. The molecular formula is C22H30N4O. The Morgan fingerprint density at radius 1 is 1.26 bits per heavy atom. The fourth-order valence-electron chi connectivity index (χ4n) is 5.68. The summed E-state index contributed by atoms with van der Waals surface area (Å²) in [6, 6.07) is 10.4. The first-order valence-electron chi connectivity index (χ1n) is 10.2. The van der Waals surface area contributed by atoms with Crippen LogP contribution in [0.3, 0.4) is 0 Å².